The number of benzene rings is 2. The lowest BCUT2D eigenvalue weighted by molar-refractivity contribution is -0.143. The van der Waals surface area contributed by atoms with Crippen molar-refractivity contribution < 1.29 is 38.5 Å². The summed E-state index contributed by atoms with van der Waals surface area (Å²) in [5.74, 6) is -1.16. The van der Waals surface area contributed by atoms with E-state index in [1.807, 2.05) is 0 Å². The largest absolute Gasteiger partial charge is 0.468 e. The Bertz CT molecular complexity index is 1520. The van der Waals surface area contributed by atoms with Gasteiger partial charge in [-0.05, 0) is 30.5 Å². The number of nitrogens with zero attached hydrogens (tertiary/aromatic N) is 3. The Labute approximate surface area is 227 Å². The highest BCUT2D eigenvalue weighted by atomic mass is 35.5. The fraction of sp³-hybridized carbons (Fsp3) is 0.217. The van der Waals surface area contributed by atoms with Crippen molar-refractivity contribution in [2.45, 2.75) is 29.8 Å². The van der Waals surface area contributed by atoms with Gasteiger partial charge in [0.15, 0.2) is 5.69 Å². The number of anilines is 1. The van der Waals surface area contributed by atoms with Gasteiger partial charge in [-0.2, -0.15) is 10.4 Å². The number of hydrogen-bond acceptors (Lipinski definition) is 6. The highest BCUT2D eigenvalue weighted by molar-refractivity contribution is 8.45. The molecule has 8 nitrogen and oxygen atoms in total. The van der Waals surface area contributed by atoms with E-state index >= 15 is 0 Å². The lowest BCUT2D eigenvalue weighted by Gasteiger charge is -2.40. The molecule has 0 aliphatic heterocycles. The van der Waals surface area contributed by atoms with Crippen LogP contribution in [0.3, 0.4) is 0 Å². The quantitative estimate of drug-likeness (QED) is 0.217. The Morgan fingerprint density at radius 2 is 1.72 bits per heavy atom. The zero-order chi connectivity index (χ0) is 28.9. The number of rotatable bonds is 7. The Morgan fingerprint density at radius 1 is 1.13 bits per heavy atom. The number of carbonyl (C=O) groups excluding carboxylic acids is 2. The number of amides is 1. The fourth-order valence-electron chi connectivity index (χ4n) is 3.93. The molecule has 39 heavy (non-hydrogen) atoms. The molecular formula is C23H17Cl2F5N4O4S. The minimum absolute atomic E-state index is 0.0393. The maximum absolute atomic E-state index is 13.4. The number of carbonyl (C=O) groups is 2. The van der Waals surface area contributed by atoms with Gasteiger partial charge >= 0.3 is 22.3 Å². The van der Waals surface area contributed by atoms with Crippen molar-refractivity contribution in [3.05, 3.63) is 69.3 Å². The van der Waals surface area contributed by atoms with E-state index in [-0.39, 0.29) is 37.1 Å². The molecule has 0 bridgehead atoms. The van der Waals surface area contributed by atoms with E-state index in [1.165, 1.54) is 0 Å². The summed E-state index contributed by atoms with van der Waals surface area (Å²) in [6.45, 7) is -0.191. The van der Waals surface area contributed by atoms with Crippen LogP contribution in [0.1, 0.15) is 29.7 Å². The van der Waals surface area contributed by atoms with E-state index in [4.69, 9.17) is 32.7 Å². The van der Waals surface area contributed by atoms with Crippen molar-refractivity contribution in [2.75, 3.05) is 12.4 Å². The topological polar surface area (TPSA) is 106 Å². The van der Waals surface area contributed by atoms with Gasteiger partial charge in [-0.15, -0.1) is 0 Å². The molecule has 0 unspecified atom stereocenters. The summed E-state index contributed by atoms with van der Waals surface area (Å²) in [7, 11) is -9.08. The Kier molecular flexibility index (Phi) is 6.57. The SMILES string of the molecule is COC(=O)C1(c2c(C#N)nn(-c3c(Cl)cc(S(F)(F)(F)(F)F)cc3Cl)c2NC(=O)OCc2ccccc2)CC1. The third kappa shape index (κ3) is 5.61. The summed E-state index contributed by atoms with van der Waals surface area (Å²) < 4.78 is 77.9. The van der Waals surface area contributed by atoms with Gasteiger partial charge in [0.1, 0.15) is 29.1 Å². The monoisotopic (exact) mass is 610 g/mol. The first kappa shape index (κ1) is 28.5. The molecule has 1 amide bonds. The zero-order valence-electron chi connectivity index (χ0n) is 19.7. The van der Waals surface area contributed by atoms with Crippen molar-refractivity contribution in [3.8, 4) is 11.8 Å². The van der Waals surface area contributed by atoms with E-state index < -0.39 is 59.8 Å². The summed E-state index contributed by atoms with van der Waals surface area (Å²) in [6, 6.07) is 10.2. The van der Waals surface area contributed by atoms with E-state index in [2.05, 4.69) is 10.4 Å². The molecule has 1 aliphatic rings. The number of nitrogens with one attached hydrogen (secondary N) is 1. The lowest BCUT2D eigenvalue weighted by atomic mass is 9.95. The van der Waals surface area contributed by atoms with Gasteiger partial charge < -0.3 is 9.47 Å². The first-order valence-electron chi connectivity index (χ1n) is 10.8. The molecule has 3 aromatic rings. The van der Waals surface area contributed by atoms with Crippen molar-refractivity contribution >= 4 is 51.3 Å². The predicted octanol–water partition coefficient (Wildman–Crippen LogP) is 7.66. The maximum atomic E-state index is 13.4. The van der Waals surface area contributed by atoms with Crippen LogP contribution in [0, 0.1) is 11.3 Å². The molecule has 1 fully saturated rings. The molecule has 1 aromatic heterocycles. The standard InChI is InChI=1S/C23H17Cl2F5N4O4S/c1-37-21(35)23(7-8-23)18-17(11-31)33-34(20(18)32-22(36)38-12-13-5-3-2-4-6-13)19-15(24)9-14(10-16(19)25)39(26,27,28,29)30/h2-6,9-10H,7-8,12H2,1H3,(H,32,36). The number of methoxy groups -OCH3 is 1. The van der Waals surface area contributed by atoms with E-state index in [9.17, 15) is 34.3 Å². The molecule has 0 radical (unpaired) electrons. The van der Waals surface area contributed by atoms with Crippen LogP contribution in [0.4, 0.5) is 30.0 Å². The van der Waals surface area contributed by atoms with Gasteiger partial charge in [0.05, 0.1) is 28.1 Å². The summed E-state index contributed by atoms with van der Waals surface area (Å²) in [5, 5.41) is 14.2. The van der Waals surface area contributed by atoms with Crippen LogP contribution in [0.5, 0.6) is 0 Å². The molecule has 0 spiro atoms. The van der Waals surface area contributed by atoms with Gasteiger partial charge in [-0.25, -0.2) is 9.48 Å². The highest BCUT2D eigenvalue weighted by Gasteiger charge is 2.66. The van der Waals surface area contributed by atoms with E-state index in [0.29, 0.717) is 10.2 Å². The average molecular weight is 611 g/mol. The first-order valence-corrected chi connectivity index (χ1v) is 13.5. The predicted molar refractivity (Wildman–Crippen MR) is 133 cm³/mol. The molecule has 0 saturated heterocycles. The summed E-state index contributed by atoms with van der Waals surface area (Å²) in [5.41, 5.74) is -1.92. The molecular weight excluding hydrogens is 594 g/mol. The third-order valence-corrected chi connectivity index (χ3v) is 7.58. The van der Waals surface area contributed by atoms with Gasteiger partial charge in [-0.3, -0.25) is 10.1 Å². The minimum atomic E-state index is -10.2. The minimum Gasteiger partial charge on any atom is -0.468 e. The summed E-state index contributed by atoms with van der Waals surface area (Å²) in [6.07, 6.45) is -0.737. The normalized spacial score (nSPS) is 15.9. The molecule has 208 valence electrons. The highest BCUT2D eigenvalue weighted by Crippen LogP contribution is 3.02. The summed E-state index contributed by atoms with van der Waals surface area (Å²) in [4.78, 5) is 23.1. The Balaban J connectivity index is 1.87. The maximum Gasteiger partial charge on any atom is 0.413 e. The van der Waals surface area contributed by atoms with Gasteiger partial charge in [0, 0.05) is 0 Å². The molecule has 1 aliphatic carbocycles. The Morgan fingerprint density at radius 3 is 2.21 bits per heavy atom. The van der Waals surface area contributed by atoms with Crippen LogP contribution in [0.25, 0.3) is 5.69 Å². The van der Waals surface area contributed by atoms with Crippen LogP contribution in [-0.4, -0.2) is 29.0 Å². The van der Waals surface area contributed by atoms with E-state index in [1.54, 1.807) is 36.4 Å². The van der Waals surface area contributed by atoms with Crippen molar-refractivity contribution in [1.29, 1.82) is 5.26 Å². The van der Waals surface area contributed by atoms with Crippen LogP contribution >= 0.6 is 33.4 Å². The summed E-state index contributed by atoms with van der Waals surface area (Å²) >= 11 is 12.0. The smallest absolute Gasteiger partial charge is 0.413 e. The van der Waals surface area contributed by atoms with E-state index in [0.717, 1.165) is 7.11 Å². The second kappa shape index (κ2) is 9.00. The molecule has 2 aromatic carbocycles. The molecule has 0 atom stereocenters. The van der Waals surface area contributed by atoms with Crippen molar-refractivity contribution in [3.63, 3.8) is 0 Å². The van der Waals surface area contributed by atoms with Crippen LogP contribution in [0.15, 0.2) is 47.4 Å². The second-order valence-electron chi connectivity index (χ2n) is 8.56. The molecule has 1 heterocycles. The van der Waals surface area contributed by atoms with Gasteiger partial charge in [0.25, 0.3) is 0 Å². The number of nitriles is 1. The van der Waals surface area contributed by atoms with Gasteiger partial charge in [0.2, 0.25) is 0 Å². The molecule has 4 rings (SSSR count). The third-order valence-electron chi connectivity index (χ3n) is 5.88. The number of hydrogen-bond donors (Lipinski definition) is 1. The Hall–Kier alpha value is -3.54. The second-order valence-corrected chi connectivity index (χ2v) is 11.8. The average Bonchev–Trinajstić information content (AvgIpc) is 3.58. The molecule has 1 N–H and O–H groups in total. The lowest BCUT2D eigenvalue weighted by Crippen LogP contribution is -2.25. The van der Waals surface area contributed by atoms with Crippen LogP contribution in [0.2, 0.25) is 10.0 Å². The zero-order valence-corrected chi connectivity index (χ0v) is 22.0. The number of esters is 1. The number of halogens is 7. The van der Waals surface area contributed by atoms with Gasteiger partial charge in [-0.1, -0.05) is 73.0 Å². The molecule has 16 heteroatoms. The first-order chi connectivity index (χ1) is 18.0. The van der Waals surface area contributed by atoms with Crippen LogP contribution < -0.4 is 5.32 Å². The van der Waals surface area contributed by atoms with Crippen LogP contribution in [-0.2, 0) is 26.3 Å². The molecule has 1 saturated carbocycles. The number of aromatic nitrogens is 2. The number of ether oxygens (including phenoxy) is 2. The van der Waals surface area contributed by atoms with Crippen molar-refractivity contribution in [1.82, 2.24) is 9.78 Å². The fourth-order valence-corrected chi connectivity index (χ4v) is 5.38. The van der Waals surface area contributed by atoms with Crippen molar-refractivity contribution in [2.24, 2.45) is 0 Å².